The molecule has 2 amide bonds. The lowest BCUT2D eigenvalue weighted by molar-refractivity contribution is -0.137. The maximum atomic E-state index is 13.1. The Morgan fingerprint density at radius 1 is 1.26 bits per heavy atom. The van der Waals surface area contributed by atoms with Crippen LogP contribution >= 0.6 is 39.9 Å². The molecule has 178 valence electrons. The number of amides is 2. The smallest absolute Gasteiger partial charge is 0.270 e. The first-order chi connectivity index (χ1) is 16.4. The van der Waals surface area contributed by atoms with Gasteiger partial charge in [0.15, 0.2) is 22.4 Å². The van der Waals surface area contributed by atoms with Crippen LogP contribution in [0.5, 0.6) is 11.5 Å². The minimum Gasteiger partial charge on any atom is -0.493 e. The van der Waals surface area contributed by atoms with E-state index >= 15 is 0 Å². The fourth-order valence-corrected chi connectivity index (χ4v) is 5.48. The van der Waals surface area contributed by atoms with Gasteiger partial charge in [-0.1, -0.05) is 36.1 Å². The van der Waals surface area contributed by atoms with Crippen molar-refractivity contribution >= 4 is 67.8 Å². The molecule has 0 bridgehead atoms. The number of halogens is 1. The number of carbonyl (C=O) groups is 2. The number of methoxy groups -OCH3 is 1. The summed E-state index contributed by atoms with van der Waals surface area (Å²) >= 11 is 10.2. The van der Waals surface area contributed by atoms with Gasteiger partial charge in [0, 0.05) is 13.1 Å². The molecule has 0 unspecified atom stereocenters. The number of aryl methyl sites for hydroxylation is 1. The van der Waals surface area contributed by atoms with Crippen LogP contribution in [0.2, 0.25) is 0 Å². The number of carbonyl (C=O) groups excluding carboxylic acids is 2. The number of hydrogen-bond donors (Lipinski definition) is 0. The maximum Gasteiger partial charge on any atom is 0.270 e. The fourth-order valence-electron chi connectivity index (χ4n) is 3.61. The van der Waals surface area contributed by atoms with Gasteiger partial charge in [-0.05, 0) is 64.3 Å². The molecule has 2 heterocycles. The molecule has 0 atom stereocenters. The molecule has 0 radical (unpaired) electrons. The van der Waals surface area contributed by atoms with Crippen molar-refractivity contribution in [1.82, 2.24) is 4.90 Å². The van der Waals surface area contributed by atoms with Crippen molar-refractivity contribution in [3.8, 4) is 11.5 Å². The molecule has 10 heteroatoms. The summed E-state index contributed by atoms with van der Waals surface area (Å²) in [6, 6.07) is 11.2. The second kappa shape index (κ2) is 10.9. The lowest BCUT2D eigenvalue weighted by Gasteiger charge is -2.27. The number of thioether (sulfide) groups is 1. The summed E-state index contributed by atoms with van der Waals surface area (Å²) in [5.74, 6) is 0.589. The molecular weight excluding hydrogens is 540 g/mol. The van der Waals surface area contributed by atoms with Crippen LogP contribution in [0, 0.1) is 6.92 Å². The van der Waals surface area contributed by atoms with Crippen LogP contribution in [-0.4, -0.2) is 61.1 Å². The monoisotopic (exact) mass is 562 g/mol. The third-order valence-electron chi connectivity index (χ3n) is 5.31. The van der Waals surface area contributed by atoms with Gasteiger partial charge in [-0.25, -0.2) is 0 Å². The van der Waals surface area contributed by atoms with Crippen molar-refractivity contribution in [3.05, 3.63) is 56.9 Å². The Balaban J connectivity index is 1.52. The molecule has 0 N–H and O–H groups in total. The largest absolute Gasteiger partial charge is 0.493 e. The molecule has 4 rings (SSSR count). The fraction of sp³-hybridized carbons (Fsp3) is 0.292. The van der Waals surface area contributed by atoms with Gasteiger partial charge in [-0.15, -0.1) is 0 Å². The van der Waals surface area contributed by atoms with Gasteiger partial charge in [0.2, 0.25) is 0 Å². The standard InChI is InChI=1S/C24H23BrN2O5S2/c1-15-4-3-5-17(10-15)27-23(29)20(34-24(27)33)13-16-11-18(25)22(19(12-16)30-2)32-14-21(28)26-6-8-31-9-7-26/h3-5,10-13H,6-9,14H2,1-2H3/b20-13-. The second-order valence-electron chi connectivity index (χ2n) is 7.67. The van der Waals surface area contributed by atoms with Crippen LogP contribution in [0.15, 0.2) is 45.8 Å². The SMILES string of the molecule is COc1cc(/C=C2\SC(=S)N(c3cccc(C)c3)C2=O)cc(Br)c1OCC(=O)N1CCOCC1. The van der Waals surface area contributed by atoms with Crippen LogP contribution in [-0.2, 0) is 14.3 Å². The van der Waals surface area contributed by atoms with E-state index in [0.717, 1.165) is 16.8 Å². The first-order valence-electron chi connectivity index (χ1n) is 10.6. The van der Waals surface area contributed by atoms with Gasteiger partial charge in [-0.3, -0.25) is 14.5 Å². The third kappa shape index (κ3) is 5.46. The Morgan fingerprint density at radius 2 is 2.03 bits per heavy atom. The van der Waals surface area contributed by atoms with E-state index in [2.05, 4.69) is 15.9 Å². The Morgan fingerprint density at radius 3 is 2.74 bits per heavy atom. The quantitative estimate of drug-likeness (QED) is 0.381. The zero-order valence-electron chi connectivity index (χ0n) is 18.7. The Hall–Kier alpha value is -2.40. The zero-order chi connectivity index (χ0) is 24.2. The number of ether oxygens (including phenoxy) is 3. The minimum atomic E-state index is -0.174. The lowest BCUT2D eigenvalue weighted by atomic mass is 10.1. The van der Waals surface area contributed by atoms with E-state index in [0.29, 0.717) is 51.5 Å². The summed E-state index contributed by atoms with van der Waals surface area (Å²) in [6.07, 6.45) is 1.77. The van der Waals surface area contributed by atoms with Gasteiger partial charge >= 0.3 is 0 Å². The molecule has 2 aromatic rings. The van der Waals surface area contributed by atoms with Crippen molar-refractivity contribution in [2.24, 2.45) is 0 Å². The first-order valence-corrected chi connectivity index (χ1v) is 12.6. The van der Waals surface area contributed by atoms with Crippen LogP contribution in [0.1, 0.15) is 11.1 Å². The minimum absolute atomic E-state index is 0.108. The lowest BCUT2D eigenvalue weighted by Crippen LogP contribution is -2.43. The van der Waals surface area contributed by atoms with Gasteiger partial charge in [-0.2, -0.15) is 0 Å². The molecule has 2 fully saturated rings. The Kier molecular flexibility index (Phi) is 7.92. The highest BCUT2D eigenvalue weighted by atomic mass is 79.9. The highest BCUT2D eigenvalue weighted by Gasteiger charge is 2.33. The number of nitrogens with zero attached hydrogens (tertiary/aromatic N) is 2. The average Bonchev–Trinajstić information content (AvgIpc) is 3.10. The Bertz CT molecular complexity index is 1160. The normalized spacial score (nSPS) is 17.4. The van der Waals surface area contributed by atoms with Gasteiger partial charge in [0.05, 0.1) is 35.4 Å². The van der Waals surface area contributed by atoms with Gasteiger partial charge < -0.3 is 19.1 Å². The van der Waals surface area contributed by atoms with E-state index < -0.39 is 0 Å². The average molecular weight is 563 g/mol. The molecule has 0 saturated carbocycles. The number of thiocarbonyl (C=S) groups is 1. The summed E-state index contributed by atoms with van der Waals surface area (Å²) in [4.78, 5) is 29.3. The molecule has 2 aromatic carbocycles. The molecular formula is C24H23BrN2O5S2. The molecule has 7 nitrogen and oxygen atoms in total. The molecule has 2 saturated heterocycles. The summed E-state index contributed by atoms with van der Waals surface area (Å²) < 4.78 is 17.7. The topological polar surface area (TPSA) is 68.3 Å². The molecule has 0 aromatic heterocycles. The van der Waals surface area contributed by atoms with Crippen LogP contribution in [0.4, 0.5) is 5.69 Å². The first kappa shape index (κ1) is 24.7. The van der Waals surface area contributed by atoms with E-state index in [1.807, 2.05) is 37.3 Å². The van der Waals surface area contributed by atoms with Crippen molar-refractivity contribution in [2.45, 2.75) is 6.92 Å². The summed E-state index contributed by atoms with van der Waals surface area (Å²) in [6.45, 7) is 4.04. The number of benzene rings is 2. The second-order valence-corrected chi connectivity index (χ2v) is 10.2. The van der Waals surface area contributed by atoms with Crippen molar-refractivity contribution < 1.29 is 23.8 Å². The predicted molar refractivity (Wildman–Crippen MR) is 140 cm³/mol. The molecule has 0 spiro atoms. The van der Waals surface area contributed by atoms with E-state index in [9.17, 15) is 9.59 Å². The number of anilines is 1. The van der Waals surface area contributed by atoms with E-state index in [1.54, 1.807) is 21.9 Å². The third-order valence-corrected chi connectivity index (χ3v) is 7.20. The van der Waals surface area contributed by atoms with E-state index in [-0.39, 0.29) is 18.4 Å². The van der Waals surface area contributed by atoms with Crippen molar-refractivity contribution in [1.29, 1.82) is 0 Å². The molecule has 2 aliphatic rings. The molecule has 2 aliphatic heterocycles. The van der Waals surface area contributed by atoms with Crippen molar-refractivity contribution in [3.63, 3.8) is 0 Å². The van der Waals surface area contributed by atoms with E-state index in [1.165, 1.54) is 18.9 Å². The summed E-state index contributed by atoms with van der Waals surface area (Å²) in [5.41, 5.74) is 2.53. The zero-order valence-corrected chi connectivity index (χ0v) is 21.9. The van der Waals surface area contributed by atoms with Crippen molar-refractivity contribution in [2.75, 3.05) is 44.9 Å². The highest BCUT2D eigenvalue weighted by Crippen LogP contribution is 2.40. The highest BCUT2D eigenvalue weighted by molar-refractivity contribution is 9.10. The molecule has 34 heavy (non-hydrogen) atoms. The summed E-state index contributed by atoms with van der Waals surface area (Å²) in [5, 5.41) is 0. The number of morpholine rings is 1. The van der Waals surface area contributed by atoms with Crippen LogP contribution in [0.25, 0.3) is 6.08 Å². The van der Waals surface area contributed by atoms with E-state index in [4.69, 9.17) is 26.4 Å². The number of hydrogen-bond acceptors (Lipinski definition) is 7. The van der Waals surface area contributed by atoms with Gasteiger partial charge in [0.25, 0.3) is 11.8 Å². The predicted octanol–water partition coefficient (Wildman–Crippen LogP) is 4.41. The van der Waals surface area contributed by atoms with Crippen LogP contribution < -0.4 is 14.4 Å². The summed E-state index contributed by atoms with van der Waals surface area (Å²) in [7, 11) is 1.53. The Labute approximate surface area is 216 Å². The molecule has 0 aliphatic carbocycles. The van der Waals surface area contributed by atoms with Crippen LogP contribution in [0.3, 0.4) is 0 Å². The maximum absolute atomic E-state index is 13.1. The van der Waals surface area contributed by atoms with Gasteiger partial charge in [0.1, 0.15) is 0 Å². The number of rotatable bonds is 6.